The van der Waals surface area contributed by atoms with E-state index >= 15 is 0 Å². The number of nitrogens with one attached hydrogen (secondary N) is 2. The molecule has 0 atom stereocenters. The van der Waals surface area contributed by atoms with E-state index in [0.717, 1.165) is 11.1 Å². The number of carbonyl (C=O) groups excluding carboxylic acids is 2. The van der Waals surface area contributed by atoms with Gasteiger partial charge in [0, 0.05) is 35.5 Å². The van der Waals surface area contributed by atoms with Gasteiger partial charge in [0.05, 0.1) is 20.5 Å². The van der Waals surface area contributed by atoms with Crippen molar-refractivity contribution < 1.29 is 23.5 Å². The predicted octanol–water partition coefficient (Wildman–Crippen LogP) is 4.32. The van der Waals surface area contributed by atoms with Gasteiger partial charge in [-0.1, -0.05) is 6.07 Å². The number of benzene rings is 2. The number of anilines is 1. The van der Waals surface area contributed by atoms with E-state index in [-0.39, 0.29) is 5.70 Å². The molecule has 0 fully saturated rings. The average molecular weight is 420 g/mol. The van der Waals surface area contributed by atoms with Crippen LogP contribution >= 0.6 is 0 Å². The quantitative estimate of drug-likeness (QED) is 0.556. The number of methoxy groups -OCH3 is 2. The molecule has 31 heavy (non-hydrogen) atoms. The normalized spacial score (nSPS) is 11.0. The molecule has 0 aliphatic rings. The lowest BCUT2D eigenvalue weighted by Crippen LogP contribution is -2.30. The summed E-state index contributed by atoms with van der Waals surface area (Å²) in [4.78, 5) is 25.8. The Hall–Kier alpha value is -4.00. The molecule has 0 saturated heterocycles. The topological polar surface area (TPSA) is 89.8 Å². The van der Waals surface area contributed by atoms with Crippen LogP contribution in [-0.2, 0) is 4.79 Å². The van der Waals surface area contributed by atoms with E-state index < -0.39 is 11.8 Å². The first-order valence-corrected chi connectivity index (χ1v) is 9.58. The maximum absolute atomic E-state index is 13.0. The third kappa shape index (κ3) is 5.54. The van der Waals surface area contributed by atoms with E-state index in [0.29, 0.717) is 28.5 Å². The summed E-state index contributed by atoms with van der Waals surface area (Å²) in [5, 5.41) is 5.44. The highest BCUT2D eigenvalue weighted by Gasteiger charge is 2.17. The molecule has 7 nitrogen and oxygen atoms in total. The summed E-state index contributed by atoms with van der Waals surface area (Å²) < 4.78 is 15.8. The lowest BCUT2D eigenvalue weighted by molar-refractivity contribution is -0.113. The molecule has 0 saturated carbocycles. The minimum atomic E-state index is -0.524. The summed E-state index contributed by atoms with van der Waals surface area (Å²) in [7, 11) is 3.04. The third-order valence-corrected chi connectivity index (χ3v) is 4.70. The van der Waals surface area contributed by atoms with Crippen molar-refractivity contribution in [2.24, 2.45) is 0 Å². The fourth-order valence-corrected chi connectivity index (χ4v) is 2.83. The van der Waals surface area contributed by atoms with Gasteiger partial charge in [-0.2, -0.15) is 0 Å². The SMILES string of the molecule is COc1cc(NC(=O)C(=Cc2ccco2)NC(=O)c2ccc(C)c(C)c2)cc(OC)c1. The zero-order chi connectivity index (χ0) is 22.4. The van der Waals surface area contributed by atoms with Crippen LogP contribution in [0.25, 0.3) is 6.08 Å². The second-order valence-corrected chi connectivity index (χ2v) is 6.88. The molecule has 0 aliphatic carbocycles. The van der Waals surface area contributed by atoms with E-state index in [1.807, 2.05) is 19.9 Å². The van der Waals surface area contributed by atoms with Gasteiger partial charge < -0.3 is 24.5 Å². The molecule has 160 valence electrons. The number of furan rings is 1. The van der Waals surface area contributed by atoms with Crippen molar-refractivity contribution in [3.8, 4) is 11.5 Å². The predicted molar refractivity (Wildman–Crippen MR) is 118 cm³/mol. The lowest BCUT2D eigenvalue weighted by atomic mass is 10.1. The smallest absolute Gasteiger partial charge is 0.272 e. The van der Waals surface area contributed by atoms with Gasteiger partial charge in [-0.25, -0.2) is 0 Å². The van der Waals surface area contributed by atoms with Crippen LogP contribution in [0.4, 0.5) is 5.69 Å². The highest BCUT2D eigenvalue weighted by Crippen LogP contribution is 2.26. The van der Waals surface area contributed by atoms with Gasteiger partial charge in [0.25, 0.3) is 11.8 Å². The first-order valence-electron chi connectivity index (χ1n) is 9.58. The number of aryl methyl sites for hydroxylation is 2. The summed E-state index contributed by atoms with van der Waals surface area (Å²) in [6, 6.07) is 13.7. The van der Waals surface area contributed by atoms with Gasteiger partial charge in [-0.15, -0.1) is 0 Å². The molecule has 2 amide bonds. The van der Waals surface area contributed by atoms with Gasteiger partial charge in [-0.3, -0.25) is 9.59 Å². The largest absolute Gasteiger partial charge is 0.497 e. The Morgan fingerprint density at radius 2 is 1.65 bits per heavy atom. The molecule has 0 spiro atoms. The van der Waals surface area contributed by atoms with Crippen molar-refractivity contribution in [2.75, 3.05) is 19.5 Å². The van der Waals surface area contributed by atoms with Crippen LogP contribution in [0.15, 0.2) is 64.9 Å². The van der Waals surface area contributed by atoms with E-state index in [2.05, 4.69) is 10.6 Å². The van der Waals surface area contributed by atoms with Gasteiger partial charge in [0.15, 0.2) is 0 Å². The maximum Gasteiger partial charge on any atom is 0.272 e. The van der Waals surface area contributed by atoms with Crippen LogP contribution in [0.3, 0.4) is 0 Å². The fraction of sp³-hybridized carbons (Fsp3) is 0.167. The van der Waals surface area contributed by atoms with Crippen LogP contribution in [0, 0.1) is 13.8 Å². The minimum absolute atomic E-state index is 0.0277. The molecule has 0 bridgehead atoms. The Balaban J connectivity index is 1.88. The van der Waals surface area contributed by atoms with Crippen molar-refractivity contribution in [3.63, 3.8) is 0 Å². The molecule has 0 unspecified atom stereocenters. The van der Waals surface area contributed by atoms with Gasteiger partial charge >= 0.3 is 0 Å². The number of carbonyl (C=O) groups is 2. The zero-order valence-corrected chi connectivity index (χ0v) is 17.8. The second-order valence-electron chi connectivity index (χ2n) is 6.88. The molecule has 1 heterocycles. The van der Waals surface area contributed by atoms with Crippen molar-refractivity contribution in [2.45, 2.75) is 13.8 Å². The third-order valence-electron chi connectivity index (χ3n) is 4.70. The van der Waals surface area contributed by atoms with Crippen molar-refractivity contribution in [1.29, 1.82) is 0 Å². The molecule has 7 heteroatoms. The summed E-state index contributed by atoms with van der Waals surface area (Å²) in [5.74, 6) is 0.535. The Morgan fingerprint density at radius 1 is 0.935 bits per heavy atom. The number of rotatable bonds is 7. The first-order chi connectivity index (χ1) is 14.9. The number of amides is 2. The zero-order valence-electron chi connectivity index (χ0n) is 17.8. The Morgan fingerprint density at radius 3 is 2.23 bits per heavy atom. The van der Waals surface area contributed by atoms with Crippen LogP contribution in [0.2, 0.25) is 0 Å². The molecule has 0 aliphatic heterocycles. The van der Waals surface area contributed by atoms with Gasteiger partial charge in [0.2, 0.25) is 0 Å². The highest BCUT2D eigenvalue weighted by atomic mass is 16.5. The minimum Gasteiger partial charge on any atom is -0.497 e. The summed E-state index contributed by atoms with van der Waals surface area (Å²) in [6.07, 6.45) is 2.95. The first kappa shape index (κ1) is 21.7. The van der Waals surface area contributed by atoms with E-state index in [9.17, 15) is 9.59 Å². The van der Waals surface area contributed by atoms with Crippen molar-refractivity contribution >= 4 is 23.6 Å². The lowest BCUT2D eigenvalue weighted by Gasteiger charge is -2.13. The molecule has 2 aromatic carbocycles. The Bertz CT molecular complexity index is 1090. The van der Waals surface area contributed by atoms with Crippen LogP contribution < -0.4 is 20.1 Å². The van der Waals surface area contributed by atoms with Crippen molar-refractivity contribution in [3.05, 3.63) is 82.9 Å². The molecule has 0 radical (unpaired) electrons. The Kier molecular flexibility index (Phi) is 6.77. The maximum atomic E-state index is 13.0. The number of ether oxygens (including phenoxy) is 2. The molecular weight excluding hydrogens is 396 g/mol. The summed E-state index contributed by atoms with van der Waals surface area (Å²) in [5.41, 5.74) is 2.99. The Labute approximate surface area is 180 Å². The van der Waals surface area contributed by atoms with Gasteiger partial charge in [0.1, 0.15) is 23.0 Å². The summed E-state index contributed by atoms with van der Waals surface area (Å²) in [6.45, 7) is 3.89. The van der Waals surface area contributed by atoms with Crippen LogP contribution in [0.1, 0.15) is 27.2 Å². The molecule has 1 aromatic heterocycles. The van der Waals surface area contributed by atoms with Gasteiger partial charge in [-0.05, 0) is 49.2 Å². The molecule has 3 aromatic rings. The number of hydrogen-bond donors (Lipinski definition) is 2. The van der Waals surface area contributed by atoms with Crippen LogP contribution in [0.5, 0.6) is 11.5 Å². The molecule has 3 rings (SSSR count). The van der Waals surface area contributed by atoms with Crippen molar-refractivity contribution in [1.82, 2.24) is 5.32 Å². The molecular formula is C24H24N2O5. The van der Waals surface area contributed by atoms with E-state index in [1.165, 1.54) is 26.6 Å². The fourth-order valence-electron chi connectivity index (χ4n) is 2.83. The highest BCUT2D eigenvalue weighted by molar-refractivity contribution is 6.10. The molecule has 2 N–H and O–H groups in total. The average Bonchev–Trinajstić information content (AvgIpc) is 3.27. The summed E-state index contributed by atoms with van der Waals surface area (Å²) >= 11 is 0. The standard InChI is InChI=1S/C24H24N2O5/c1-15-7-8-17(10-16(15)2)23(27)26-22(14-19-6-5-9-31-19)24(28)25-18-11-20(29-3)13-21(12-18)30-4/h5-14H,1-4H3,(H,25,28)(H,26,27). The van der Waals surface area contributed by atoms with E-state index in [4.69, 9.17) is 13.9 Å². The monoisotopic (exact) mass is 420 g/mol. The van der Waals surface area contributed by atoms with E-state index in [1.54, 1.807) is 42.5 Å². The number of hydrogen-bond acceptors (Lipinski definition) is 5. The second kappa shape index (κ2) is 9.67. The van der Waals surface area contributed by atoms with Crippen LogP contribution in [-0.4, -0.2) is 26.0 Å².